The molecule has 0 radical (unpaired) electrons. The molecule has 0 aliphatic rings. The second-order valence-electron chi connectivity index (χ2n) is 4.00. The van der Waals surface area contributed by atoms with Crippen LogP contribution in [-0.2, 0) is 14.8 Å². The maximum atomic E-state index is 12.1. The third kappa shape index (κ3) is 3.86. The minimum atomic E-state index is -3.70. The van der Waals surface area contributed by atoms with E-state index in [-0.39, 0.29) is 4.21 Å². The van der Waals surface area contributed by atoms with Gasteiger partial charge in [0.15, 0.2) is 0 Å². The lowest BCUT2D eigenvalue weighted by Gasteiger charge is -2.08. The Balaban J connectivity index is 2.19. The van der Waals surface area contributed by atoms with E-state index in [2.05, 4.69) is 14.8 Å². The molecule has 2 aromatic rings. The third-order valence-electron chi connectivity index (χ3n) is 2.41. The van der Waals surface area contributed by atoms with Crippen molar-refractivity contribution in [2.45, 2.75) is 4.21 Å². The van der Waals surface area contributed by atoms with Gasteiger partial charge in [0.2, 0.25) is 0 Å². The summed E-state index contributed by atoms with van der Waals surface area (Å²) in [4.78, 5) is 11.1. The number of nitrogens with one attached hydrogen (secondary N) is 2. The maximum absolute atomic E-state index is 12.1. The molecule has 1 amide bonds. The lowest BCUT2D eigenvalue weighted by Crippen LogP contribution is -2.13. The van der Waals surface area contributed by atoms with Crippen LogP contribution in [-0.4, -0.2) is 21.6 Å². The number of anilines is 3. The predicted octanol–water partition coefficient (Wildman–Crippen LogP) is 2.31. The Bertz CT molecular complexity index is 755. The molecule has 1 heterocycles. The summed E-state index contributed by atoms with van der Waals surface area (Å²) in [6, 6.07) is 7.63. The number of carbonyl (C=O) groups is 1. The standard InChI is InChI=1S/C12H13N3O4S2/c1-19-12(16)14-9-3-2-4-10(6-9)15-21(17,18)11-5-8(13)7-20-11/h2-7,15H,13H2,1H3,(H,14,16). The Labute approximate surface area is 125 Å². The molecule has 0 saturated heterocycles. The number of thiophene rings is 1. The minimum Gasteiger partial charge on any atom is -0.453 e. The second kappa shape index (κ2) is 6.02. The average Bonchev–Trinajstić information content (AvgIpc) is 2.86. The fraction of sp³-hybridized carbons (Fsp3) is 0.0833. The summed E-state index contributed by atoms with van der Waals surface area (Å²) in [5.41, 5.74) is 6.64. The van der Waals surface area contributed by atoms with Gasteiger partial charge < -0.3 is 10.5 Å². The Kier molecular flexibility index (Phi) is 4.34. The predicted molar refractivity (Wildman–Crippen MR) is 82.0 cm³/mol. The van der Waals surface area contributed by atoms with E-state index < -0.39 is 16.1 Å². The van der Waals surface area contributed by atoms with E-state index in [0.29, 0.717) is 17.1 Å². The number of carbonyl (C=O) groups excluding carboxylic acids is 1. The Morgan fingerprint density at radius 1 is 1.29 bits per heavy atom. The van der Waals surface area contributed by atoms with Crippen molar-refractivity contribution in [3.63, 3.8) is 0 Å². The van der Waals surface area contributed by atoms with Crippen molar-refractivity contribution in [2.24, 2.45) is 0 Å². The number of hydrogen-bond donors (Lipinski definition) is 3. The summed E-state index contributed by atoms with van der Waals surface area (Å²) in [7, 11) is -2.46. The zero-order chi connectivity index (χ0) is 15.5. The number of methoxy groups -OCH3 is 1. The number of ether oxygens (including phenoxy) is 1. The molecule has 4 N–H and O–H groups in total. The first kappa shape index (κ1) is 15.1. The minimum absolute atomic E-state index is 0.117. The summed E-state index contributed by atoms with van der Waals surface area (Å²) in [6.07, 6.45) is -0.638. The van der Waals surface area contributed by atoms with Gasteiger partial charge >= 0.3 is 6.09 Å². The van der Waals surface area contributed by atoms with Crippen molar-refractivity contribution in [2.75, 3.05) is 22.9 Å². The highest BCUT2D eigenvalue weighted by atomic mass is 32.2. The van der Waals surface area contributed by atoms with Crippen LogP contribution in [0.25, 0.3) is 0 Å². The van der Waals surface area contributed by atoms with Crippen LogP contribution in [0.15, 0.2) is 39.9 Å². The fourth-order valence-corrected chi connectivity index (χ4v) is 3.64. The van der Waals surface area contributed by atoms with E-state index in [1.165, 1.54) is 19.2 Å². The molecule has 21 heavy (non-hydrogen) atoms. The van der Waals surface area contributed by atoms with Gasteiger partial charge in [0.25, 0.3) is 10.0 Å². The molecule has 0 aliphatic heterocycles. The van der Waals surface area contributed by atoms with Crippen LogP contribution in [0.2, 0.25) is 0 Å². The van der Waals surface area contributed by atoms with Crippen LogP contribution in [0.5, 0.6) is 0 Å². The van der Waals surface area contributed by atoms with Gasteiger partial charge in [0.05, 0.1) is 12.8 Å². The van der Waals surface area contributed by atoms with Crippen LogP contribution >= 0.6 is 11.3 Å². The summed E-state index contributed by atoms with van der Waals surface area (Å²) in [5, 5.41) is 3.99. The van der Waals surface area contributed by atoms with Gasteiger partial charge in [-0.25, -0.2) is 13.2 Å². The van der Waals surface area contributed by atoms with Crippen LogP contribution in [0.3, 0.4) is 0 Å². The number of benzene rings is 1. The third-order valence-corrected chi connectivity index (χ3v) is 5.25. The van der Waals surface area contributed by atoms with Gasteiger partial charge in [-0.1, -0.05) is 6.07 Å². The van der Waals surface area contributed by atoms with Gasteiger partial charge in [-0.3, -0.25) is 10.0 Å². The lowest BCUT2D eigenvalue weighted by atomic mass is 10.3. The van der Waals surface area contributed by atoms with E-state index in [9.17, 15) is 13.2 Å². The van der Waals surface area contributed by atoms with Crippen LogP contribution in [0.1, 0.15) is 0 Å². The molecule has 0 unspecified atom stereocenters. The Morgan fingerprint density at radius 2 is 2.00 bits per heavy atom. The maximum Gasteiger partial charge on any atom is 0.411 e. The first-order valence-corrected chi connectivity index (χ1v) is 8.09. The molecule has 112 valence electrons. The molecular formula is C12H13N3O4S2. The van der Waals surface area contributed by atoms with Gasteiger partial charge in [-0.2, -0.15) is 0 Å². The number of rotatable bonds is 4. The Morgan fingerprint density at radius 3 is 2.62 bits per heavy atom. The number of hydrogen-bond acceptors (Lipinski definition) is 6. The molecule has 1 aromatic heterocycles. The molecule has 7 nitrogen and oxygen atoms in total. The SMILES string of the molecule is COC(=O)Nc1cccc(NS(=O)(=O)c2cc(N)cs2)c1. The van der Waals surface area contributed by atoms with E-state index in [4.69, 9.17) is 5.73 Å². The number of nitrogens with two attached hydrogens (primary N) is 1. The molecule has 1 aromatic carbocycles. The van der Waals surface area contributed by atoms with Gasteiger partial charge in [0.1, 0.15) is 4.21 Å². The summed E-state index contributed by atoms with van der Waals surface area (Å²) in [5.74, 6) is 0. The largest absolute Gasteiger partial charge is 0.453 e. The lowest BCUT2D eigenvalue weighted by molar-refractivity contribution is 0.187. The summed E-state index contributed by atoms with van der Waals surface area (Å²) < 4.78 is 31.3. The number of sulfonamides is 1. The molecule has 0 fully saturated rings. The molecular weight excluding hydrogens is 314 g/mol. The van der Waals surface area contributed by atoms with E-state index in [1.807, 2.05) is 0 Å². The number of nitrogen functional groups attached to an aromatic ring is 1. The van der Waals surface area contributed by atoms with Gasteiger partial charge in [0, 0.05) is 16.8 Å². The molecule has 0 aliphatic carbocycles. The van der Waals surface area contributed by atoms with Crippen molar-refractivity contribution in [1.29, 1.82) is 0 Å². The quantitative estimate of drug-likeness (QED) is 0.798. The topological polar surface area (TPSA) is 111 Å². The Hall–Kier alpha value is -2.26. The normalized spacial score (nSPS) is 10.9. The van der Waals surface area contributed by atoms with Gasteiger partial charge in [-0.15, -0.1) is 11.3 Å². The van der Waals surface area contributed by atoms with Crippen LogP contribution < -0.4 is 15.8 Å². The molecule has 0 saturated carbocycles. The second-order valence-corrected chi connectivity index (χ2v) is 6.82. The highest BCUT2D eigenvalue weighted by Gasteiger charge is 2.16. The molecule has 0 atom stereocenters. The summed E-state index contributed by atoms with van der Waals surface area (Å²) in [6.45, 7) is 0. The number of amides is 1. The van der Waals surface area contributed by atoms with Crippen molar-refractivity contribution in [3.05, 3.63) is 35.7 Å². The zero-order valence-corrected chi connectivity index (χ0v) is 12.6. The monoisotopic (exact) mass is 327 g/mol. The molecule has 2 rings (SSSR count). The average molecular weight is 327 g/mol. The van der Waals surface area contributed by atoms with Crippen molar-refractivity contribution >= 4 is 44.5 Å². The van der Waals surface area contributed by atoms with Gasteiger partial charge in [-0.05, 0) is 24.3 Å². The molecule has 0 spiro atoms. The molecule has 9 heteroatoms. The van der Waals surface area contributed by atoms with Crippen molar-refractivity contribution < 1.29 is 17.9 Å². The first-order chi connectivity index (χ1) is 9.90. The van der Waals surface area contributed by atoms with E-state index >= 15 is 0 Å². The highest BCUT2D eigenvalue weighted by molar-refractivity contribution is 7.94. The smallest absolute Gasteiger partial charge is 0.411 e. The highest BCUT2D eigenvalue weighted by Crippen LogP contribution is 2.25. The van der Waals surface area contributed by atoms with Crippen molar-refractivity contribution in [3.8, 4) is 0 Å². The van der Waals surface area contributed by atoms with E-state index in [1.54, 1.807) is 23.6 Å². The van der Waals surface area contributed by atoms with E-state index in [0.717, 1.165) is 11.3 Å². The first-order valence-electron chi connectivity index (χ1n) is 5.72. The van der Waals surface area contributed by atoms with Crippen LogP contribution in [0.4, 0.5) is 21.9 Å². The van der Waals surface area contributed by atoms with Crippen molar-refractivity contribution in [1.82, 2.24) is 0 Å². The zero-order valence-electron chi connectivity index (χ0n) is 11.0. The van der Waals surface area contributed by atoms with Crippen LogP contribution in [0, 0.1) is 0 Å². The fourth-order valence-electron chi connectivity index (χ4n) is 1.51. The summed E-state index contributed by atoms with van der Waals surface area (Å²) >= 11 is 1.03. The molecule has 0 bridgehead atoms.